The van der Waals surface area contributed by atoms with E-state index in [1.807, 2.05) is 51.1 Å². The molecule has 9 heteroatoms. The lowest BCUT2D eigenvalue weighted by atomic mass is 10.0. The molecule has 43 heavy (non-hydrogen) atoms. The number of nitrogens with one attached hydrogen (secondary N) is 1. The Balaban J connectivity index is 1.80. The smallest absolute Gasteiger partial charge is 0.264 e. The van der Waals surface area contributed by atoms with E-state index in [0.29, 0.717) is 16.3 Å². The lowest BCUT2D eigenvalue weighted by Gasteiger charge is -2.35. The Bertz CT molecular complexity index is 1630. The molecule has 7 nitrogen and oxygen atoms in total. The first-order chi connectivity index (χ1) is 20.5. The van der Waals surface area contributed by atoms with Gasteiger partial charge in [0.1, 0.15) is 12.6 Å². The summed E-state index contributed by atoms with van der Waals surface area (Å²) in [6.07, 6.45) is 0.218. The number of carbonyl (C=O) groups excluding carboxylic acids is 2. The Morgan fingerprint density at radius 1 is 0.791 bits per heavy atom. The van der Waals surface area contributed by atoms with Crippen molar-refractivity contribution in [3.8, 4) is 0 Å². The number of benzene rings is 4. The van der Waals surface area contributed by atoms with E-state index < -0.39 is 34.1 Å². The van der Waals surface area contributed by atoms with E-state index in [9.17, 15) is 18.0 Å². The standard InChI is InChI=1S/C34H36ClN3O4S/c1-34(2,3)36-33(40)31(23-26-15-7-4-8-16-26)37(24-27-17-13-14-22-30(27)35)32(39)25-38(28-18-9-5-10-19-28)43(41,42)29-20-11-6-12-21-29/h4-22,31H,23-25H2,1-3H3,(H,36,40)/t31-/m0/s1. The molecule has 0 aliphatic carbocycles. The second kappa shape index (κ2) is 13.9. The van der Waals surface area contributed by atoms with Gasteiger partial charge in [-0.3, -0.25) is 13.9 Å². The van der Waals surface area contributed by atoms with Crippen molar-refractivity contribution in [3.05, 3.63) is 131 Å². The maximum absolute atomic E-state index is 14.4. The summed E-state index contributed by atoms with van der Waals surface area (Å²) in [4.78, 5) is 29.8. The van der Waals surface area contributed by atoms with E-state index in [2.05, 4.69) is 5.32 Å². The van der Waals surface area contributed by atoms with Crippen molar-refractivity contribution in [2.45, 2.75) is 50.2 Å². The van der Waals surface area contributed by atoms with Crippen LogP contribution in [-0.4, -0.2) is 43.3 Å². The van der Waals surface area contributed by atoms with Crippen molar-refractivity contribution in [3.63, 3.8) is 0 Å². The van der Waals surface area contributed by atoms with Crippen LogP contribution in [0.25, 0.3) is 0 Å². The number of nitrogens with zero attached hydrogens (tertiary/aromatic N) is 2. The summed E-state index contributed by atoms with van der Waals surface area (Å²) in [7, 11) is -4.14. The topological polar surface area (TPSA) is 86.8 Å². The molecule has 0 radical (unpaired) electrons. The molecule has 1 N–H and O–H groups in total. The van der Waals surface area contributed by atoms with Crippen LogP contribution in [0.4, 0.5) is 5.69 Å². The van der Waals surface area contributed by atoms with Crippen molar-refractivity contribution in [1.29, 1.82) is 0 Å². The first-order valence-electron chi connectivity index (χ1n) is 14.0. The zero-order chi connectivity index (χ0) is 31.0. The second-order valence-electron chi connectivity index (χ2n) is 11.2. The highest BCUT2D eigenvalue weighted by atomic mass is 35.5. The largest absolute Gasteiger partial charge is 0.350 e. The minimum Gasteiger partial charge on any atom is -0.350 e. The fraction of sp³-hybridized carbons (Fsp3) is 0.235. The quantitative estimate of drug-likeness (QED) is 0.221. The third kappa shape index (κ3) is 8.46. The molecule has 0 unspecified atom stereocenters. The zero-order valence-electron chi connectivity index (χ0n) is 24.5. The molecule has 0 heterocycles. The molecule has 0 aromatic heterocycles. The Morgan fingerprint density at radius 2 is 1.33 bits per heavy atom. The number of rotatable bonds is 11. The summed E-state index contributed by atoms with van der Waals surface area (Å²) >= 11 is 6.53. The molecule has 0 bridgehead atoms. The fourth-order valence-electron chi connectivity index (χ4n) is 4.66. The average Bonchev–Trinajstić information content (AvgIpc) is 2.99. The van der Waals surface area contributed by atoms with Gasteiger partial charge in [0.05, 0.1) is 10.6 Å². The van der Waals surface area contributed by atoms with Crippen LogP contribution in [0.5, 0.6) is 0 Å². The number of hydrogen-bond acceptors (Lipinski definition) is 4. The van der Waals surface area contributed by atoms with Gasteiger partial charge in [0.25, 0.3) is 10.0 Å². The Labute approximate surface area is 259 Å². The molecule has 4 aromatic rings. The van der Waals surface area contributed by atoms with Gasteiger partial charge < -0.3 is 10.2 Å². The molecular formula is C34H36ClN3O4S. The fourth-order valence-corrected chi connectivity index (χ4v) is 6.29. The molecule has 0 aliphatic heterocycles. The van der Waals surface area contributed by atoms with E-state index in [1.165, 1.54) is 17.0 Å². The summed E-state index contributed by atoms with van der Waals surface area (Å²) in [6.45, 7) is 5.08. The van der Waals surface area contributed by atoms with Crippen LogP contribution in [0.2, 0.25) is 5.02 Å². The van der Waals surface area contributed by atoms with Crippen molar-refractivity contribution in [2.75, 3.05) is 10.8 Å². The van der Waals surface area contributed by atoms with Crippen LogP contribution in [0.1, 0.15) is 31.9 Å². The van der Waals surface area contributed by atoms with Gasteiger partial charge in [-0.05, 0) is 62.2 Å². The third-order valence-electron chi connectivity index (χ3n) is 6.72. The van der Waals surface area contributed by atoms with Crippen molar-refractivity contribution in [1.82, 2.24) is 10.2 Å². The first-order valence-corrected chi connectivity index (χ1v) is 15.8. The van der Waals surface area contributed by atoms with Gasteiger partial charge in [-0.15, -0.1) is 0 Å². The van der Waals surface area contributed by atoms with Gasteiger partial charge >= 0.3 is 0 Å². The molecular weight excluding hydrogens is 582 g/mol. The number of halogens is 1. The van der Waals surface area contributed by atoms with Gasteiger partial charge in [0.2, 0.25) is 11.8 Å². The maximum atomic E-state index is 14.4. The minimum absolute atomic E-state index is 0.00157. The number of sulfonamides is 1. The van der Waals surface area contributed by atoms with Crippen molar-refractivity contribution >= 4 is 39.1 Å². The number of hydrogen-bond donors (Lipinski definition) is 1. The Morgan fingerprint density at radius 3 is 1.91 bits per heavy atom. The molecule has 0 spiro atoms. The molecule has 0 aliphatic rings. The second-order valence-corrected chi connectivity index (χ2v) is 13.5. The monoisotopic (exact) mass is 617 g/mol. The van der Waals surface area contributed by atoms with Crippen LogP contribution < -0.4 is 9.62 Å². The van der Waals surface area contributed by atoms with E-state index in [-0.39, 0.29) is 23.8 Å². The van der Waals surface area contributed by atoms with Crippen LogP contribution >= 0.6 is 11.6 Å². The maximum Gasteiger partial charge on any atom is 0.264 e. The van der Waals surface area contributed by atoms with E-state index >= 15 is 0 Å². The molecule has 0 saturated carbocycles. The van der Waals surface area contributed by atoms with Gasteiger partial charge in [-0.2, -0.15) is 0 Å². The Kier molecular flexibility index (Phi) is 10.3. The predicted octanol–water partition coefficient (Wildman–Crippen LogP) is 6.09. The molecule has 0 saturated heterocycles. The van der Waals surface area contributed by atoms with Crippen LogP contribution in [0.3, 0.4) is 0 Å². The van der Waals surface area contributed by atoms with Crippen molar-refractivity contribution < 1.29 is 18.0 Å². The normalized spacial score (nSPS) is 12.3. The number of para-hydroxylation sites is 1. The number of carbonyl (C=O) groups is 2. The van der Waals surface area contributed by atoms with Crippen LogP contribution in [0, 0.1) is 0 Å². The van der Waals surface area contributed by atoms with Gasteiger partial charge in [0, 0.05) is 23.5 Å². The van der Waals surface area contributed by atoms with Gasteiger partial charge in [-0.1, -0.05) is 96.5 Å². The minimum atomic E-state index is -4.14. The van der Waals surface area contributed by atoms with Gasteiger partial charge in [-0.25, -0.2) is 8.42 Å². The highest BCUT2D eigenvalue weighted by Crippen LogP contribution is 2.26. The summed E-state index contributed by atoms with van der Waals surface area (Å²) < 4.78 is 29.0. The lowest BCUT2D eigenvalue weighted by Crippen LogP contribution is -2.56. The molecule has 224 valence electrons. The predicted molar refractivity (Wildman–Crippen MR) is 171 cm³/mol. The van der Waals surface area contributed by atoms with Gasteiger partial charge in [0.15, 0.2) is 0 Å². The summed E-state index contributed by atoms with van der Waals surface area (Å²) in [6, 6.07) is 32.0. The Hall–Kier alpha value is -4.14. The van der Waals surface area contributed by atoms with E-state index in [1.54, 1.807) is 72.8 Å². The molecule has 4 rings (SSSR count). The molecule has 0 fully saturated rings. The molecule has 1 atom stereocenters. The highest BCUT2D eigenvalue weighted by molar-refractivity contribution is 7.92. The summed E-state index contributed by atoms with van der Waals surface area (Å²) in [5, 5.41) is 3.46. The summed E-state index contributed by atoms with van der Waals surface area (Å²) in [5.74, 6) is -0.901. The SMILES string of the molecule is CC(C)(C)NC(=O)[C@H](Cc1ccccc1)N(Cc1ccccc1Cl)C(=O)CN(c1ccccc1)S(=O)(=O)c1ccccc1. The molecule has 4 aromatic carbocycles. The summed E-state index contributed by atoms with van der Waals surface area (Å²) in [5.41, 5.74) is 1.25. The van der Waals surface area contributed by atoms with Crippen LogP contribution in [-0.2, 0) is 32.6 Å². The first kappa shape index (κ1) is 31.8. The number of anilines is 1. The molecule has 2 amide bonds. The highest BCUT2D eigenvalue weighted by Gasteiger charge is 2.35. The average molecular weight is 618 g/mol. The van der Waals surface area contributed by atoms with Crippen molar-refractivity contribution in [2.24, 2.45) is 0 Å². The van der Waals surface area contributed by atoms with E-state index in [0.717, 1.165) is 9.87 Å². The number of amides is 2. The third-order valence-corrected chi connectivity index (χ3v) is 8.88. The lowest BCUT2D eigenvalue weighted by molar-refractivity contribution is -0.140. The zero-order valence-corrected chi connectivity index (χ0v) is 26.1. The van der Waals surface area contributed by atoms with Crippen LogP contribution in [0.15, 0.2) is 120 Å². The van der Waals surface area contributed by atoms with E-state index in [4.69, 9.17) is 11.6 Å².